The molecular weight excluding hydrogens is 359 g/mol. The first kappa shape index (κ1) is 23.2. The van der Waals surface area contributed by atoms with E-state index in [0.717, 1.165) is 32.0 Å². The van der Waals surface area contributed by atoms with E-state index in [1.807, 2.05) is 0 Å². The summed E-state index contributed by atoms with van der Waals surface area (Å²) in [5.41, 5.74) is -1.73. The molecule has 0 aromatic heterocycles. The van der Waals surface area contributed by atoms with Crippen molar-refractivity contribution in [3.05, 3.63) is 0 Å². The van der Waals surface area contributed by atoms with Gasteiger partial charge in [-0.3, -0.25) is 9.59 Å². The second-order valence-electron chi connectivity index (χ2n) is 9.37. The molecule has 0 bridgehead atoms. The molecule has 1 saturated heterocycles. The molecule has 2 aliphatic rings. The molecule has 0 N–H and O–H groups in total. The summed E-state index contributed by atoms with van der Waals surface area (Å²) >= 11 is 0. The molecular formula is C21H37BO6. The van der Waals surface area contributed by atoms with Crippen molar-refractivity contribution < 1.29 is 28.4 Å². The molecule has 1 aliphatic carbocycles. The van der Waals surface area contributed by atoms with Crippen LogP contribution in [0, 0.1) is 17.3 Å². The number of carbonyl (C=O) groups is 2. The summed E-state index contributed by atoms with van der Waals surface area (Å²) in [5, 5.41) is 0. The van der Waals surface area contributed by atoms with Crippen molar-refractivity contribution in [1.29, 1.82) is 0 Å². The van der Waals surface area contributed by atoms with Crippen molar-refractivity contribution in [2.24, 2.45) is 17.3 Å². The van der Waals surface area contributed by atoms with Gasteiger partial charge in [0.15, 0.2) is 5.41 Å². The van der Waals surface area contributed by atoms with Gasteiger partial charge in [0.2, 0.25) is 0 Å². The van der Waals surface area contributed by atoms with Gasteiger partial charge >= 0.3 is 19.1 Å². The van der Waals surface area contributed by atoms with Crippen molar-refractivity contribution in [2.75, 3.05) is 14.2 Å². The highest BCUT2D eigenvalue weighted by atomic mass is 16.7. The summed E-state index contributed by atoms with van der Waals surface area (Å²) in [5.74, 6) is -0.272. The monoisotopic (exact) mass is 396 g/mol. The number of carbonyl (C=O) groups excluding carboxylic acids is 2. The van der Waals surface area contributed by atoms with E-state index in [0.29, 0.717) is 24.7 Å². The van der Waals surface area contributed by atoms with Gasteiger partial charge in [-0.2, -0.15) is 0 Å². The number of hydrogen-bond donors (Lipinski definition) is 0. The Bertz CT molecular complexity index is 541. The number of ether oxygens (including phenoxy) is 2. The van der Waals surface area contributed by atoms with Crippen LogP contribution in [0.15, 0.2) is 0 Å². The van der Waals surface area contributed by atoms with Gasteiger partial charge in [-0.1, -0.05) is 32.6 Å². The largest absolute Gasteiger partial charge is 0.468 e. The van der Waals surface area contributed by atoms with Crippen LogP contribution < -0.4 is 0 Å². The van der Waals surface area contributed by atoms with Crippen molar-refractivity contribution in [3.63, 3.8) is 0 Å². The quantitative estimate of drug-likeness (QED) is 0.267. The molecule has 28 heavy (non-hydrogen) atoms. The molecule has 1 heterocycles. The summed E-state index contributed by atoms with van der Waals surface area (Å²) in [6.07, 6.45) is 5.82. The lowest BCUT2D eigenvalue weighted by molar-refractivity contribution is -0.169. The molecule has 2 rings (SSSR count). The van der Waals surface area contributed by atoms with E-state index in [1.54, 1.807) is 0 Å². The number of methoxy groups -OCH3 is 2. The van der Waals surface area contributed by atoms with Gasteiger partial charge in [0.25, 0.3) is 0 Å². The normalized spacial score (nSPS) is 27.6. The minimum Gasteiger partial charge on any atom is -0.468 e. The highest BCUT2D eigenvalue weighted by Gasteiger charge is 2.56. The molecule has 160 valence electrons. The number of hydrogen-bond acceptors (Lipinski definition) is 6. The van der Waals surface area contributed by atoms with Gasteiger partial charge in [-0.25, -0.2) is 0 Å². The van der Waals surface area contributed by atoms with E-state index in [-0.39, 0.29) is 18.3 Å². The third kappa shape index (κ3) is 4.40. The maximum absolute atomic E-state index is 12.4. The lowest BCUT2D eigenvalue weighted by Gasteiger charge is -2.32. The molecule has 2 fully saturated rings. The lowest BCUT2D eigenvalue weighted by atomic mass is 9.80. The maximum Gasteiger partial charge on any atom is 0.457 e. The Morgan fingerprint density at radius 3 is 1.89 bits per heavy atom. The van der Waals surface area contributed by atoms with Crippen LogP contribution in [0.3, 0.4) is 0 Å². The molecule has 2 atom stereocenters. The molecule has 6 nitrogen and oxygen atoms in total. The minimum absolute atomic E-state index is 0.167. The van der Waals surface area contributed by atoms with Crippen LogP contribution in [-0.2, 0) is 28.4 Å². The van der Waals surface area contributed by atoms with Gasteiger partial charge in [0.1, 0.15) is 0 Å². The topological polar surface area (TPSA) is 71.1 Å². The van der Waals surface area contributed by atoms with Crippen LogP contribution in [-0.4, -0.2) is 44.5 Å². The first-order chi connectivity index (χ1) is 13.0. The van der Waals surface area contributed by atoms with E-state index in [2.05, 4.69) is 34.6 Å². The summed E-state index contributed by atoms with van der Waals surface area (Å²) in [6.45, 7) is 10.4. The average molecular weight is 396 g/mol. The number of esters is 2. The molecule has 7 heteroatoms. The lowest BCUT2D eigenvalue weighted by Crippen LogP contribution is -2.41. The van der Waals surface area contributed by atoms with Crippen molar-refractivity contribution in [2.45, 2.75) is 90.7 Å². The Morgan fingerprint density at radius 2 is 1.43 bits per heavy atom. The van der Waals surface area contributed by atoms with Crippen LogP contribution in [0.1, 0.15) is 73.1 Å². The zero-order valence-electron chi connectivity index (χ0n) is 18.6. The SMILES string of the molecule is CC[C@H]1CC(C(=O)OC)(C(=O)OC)C[C@@H]1CCCCB1OC(C)(C)C(C)(C)O1. The molecule has 0 aromatic carbocycles. The summed E-state index contributed by atoms with van der Waals surface area (Å²) in [4.78, 5) is 24.8. The van der Waals surface area contributed by atoms with Crippen LogP contribution in [0.4, 0.5) is 0 Å². The van der Waals surface area contributed by atoms with Crippen molar-refractivity contribution in [3.8, 4) is 0 Å². The highest BCUT2D eigenvalue weighted by Crippen LogP contribution is 2.50. The van der Waals surface area contributed by atoms with E-state index in [4.69, 9.17) is 18.8 Å². The predicted octanol–water partition coefficient (Wildman–Crippen LogP) is 4.02. The van der Waals surface area contributed by atoms with Crippen LogP contribution in [0.5, 0.6) is 0 Å². The third-order valence-electron chi connectivity index (χ3n) is 7.13. The molecule has 1 aliphatic heterocycles. The Kier molecular flexibility index (Phi) is 7.24. The Hall–Kier alpha value is -1.08. The molecule has 0 aromatic rings. The Labute approximate surface area is 170 Å². The first-order valence-electron chi connectivity index (χ1n) is 10.6. The third-order valence-corrected chi connectivity index (χ3v) is 7.13. The van der Waals surface area contributed by atoms with Crippen molar-refractivity contribution >= 4 is 19.1 Å². The number of unbranched alkanes of at least 4 members (excludes halogenated alkanes) is 1. The van der Waals surface area contributed by atoms with Crippen LogP contribution in [0.2, 0.25) is 6.32 Å². The van der Waals surface area contributed by atoms with Gasteiger partial charge in [-0.15, -0.1) is 0 Å². The van der Waals surface area contributed by atoms with Crippen molar-refractivity contribution in [1.82, 2.24) is 0 Å². The minimum atomic E-state index is -1.14. The Balaban J connectivity index is 1.90. The van der Waals surface area contributed by atoms with Gasteiger partial charge < -0.3 is 18.8 Å². The molecule has 0 radical (unpaired) electrons. The van der Waals surface area contributed by atoms with E-state index < -0.39 is 17.4 Å². The number of rotatable bonds is 8. The molecule has 0 spiro atoms. The standard InChI is InChI=1S/C21H37BO6/c1-8-15-13-21(17(23)25-6,18(24)26-7)14-16(15)11-9-10-12-22-27-19(2,3)20(4,5)28-22/h15-16H,8-14H2,1-7H3/t15-,16-/m0/s1. The van der Waals surface area contributed by atoms with Gasteiger partial charge in [0.05, 0.1) is 25.4 Å². The molecule has 0 unspecified atom stereocenters. The predicted molar refractivity (Wildman–Crippen MR) is 108 cm³/mol. The summed E-state index contributed by atoms with van der Waals surface area (Å²) in [6, 6.07) is 0. The summed E-state index contributed by atoms with van der Waals surface area (Å²) < 4.78 is 22.0. The van der Waals surface area contributed by atoms with E-state index in [1.165, 1.54) is 14.2 Å². The fraction of sp³-hybridized carbons (Fsp3) is 0.905. The fourth-order valence-electron chi connectivity index (χ4n) is 4.74. The second-order valence-corrected chi connectivity index (χ2v) is 9.37. The van der Waals surface area contributed by atoms with Crippen LogP contribution in [0.25, 0.3) is 0 Å². The van der Waals surface area contributed by atoms with Gasteiger partial charge in [-0.05, 0) is 58.7 Å². The molecule has 0 amide bonds. The zero-order valence-corrected chi connectivity index (χ0v) is 18.6. The first-order valence-corrected chi connectivity index (χ1v) is 10.6. The highest BCUT2D eigenvalue weighted by molar-refractivity contribution is 6.45. The maximum atomic E-state index is 12.4. The van der Waals surface area contributed by atoms with E-state index in [9.17, 15) is 9.59 Å². The zero-order chi connectivity index (χ0) is 21.2. The summed E-state index contributed by atoms with van der Waals surface area (Å²) in [7, 11) is 2.51. The van der Waals surface area contributed by atoms with Gasteiger partial charge in [0, 0.05) is 0 Å². The Morgan fingerprint density at radius 1 is 0.929 bits per heavy atom. The second kappa shape index (κ2) is 8.74. The smallest absolute Gasteiger partial charge is 0.457 e. The van der Waals surface area contributed by atoms with E-state index >= 15 is 0 Å². The fourth-order valence-corrected chi connectivity index (χ4v) is 4.74. The molecule has 1 saturated carbocycles. The van der Waals surface area contributed by atoms with Crippen LogP contribution >= 0.6 is 0 Å². The average Bonchev–Trinajstić information content (AvgIpc) is 3.12.